The second-order valence-corrected chi connectivity index (χ2v) is 4.93. The van der Waals surface area contributed by atoms with E-state index in [2.05, 4.69) is 35.8 Å². The van der Waals surface area contributed by atoms with Crippen molar-refractivity contribution >= 4 is 16.6 Å². The Morgan fingerprint density at radius 2 is 1.85 bits per heavy atom. The predicted octanol–water partition coefficient (Wildman–Crippen LogP) is 3.91. The molecule has 0 aliphatic rings. The number of hydrogen-bond donors (Lipinski definition) is 0. The van der Waals surface area contributed by atoms with Crippen LogP contribution < -0.4 is 0 Å². The molecule has 0 amide bonds. The number of hydrogen-bond acceptors (Lipinski definition) is 2. The lowest BCUT2D eigenvalue weighted by Gasteiger charge is -2.06. The van der Waals surface area contributed by atoms with Crippen molar-refractivity contribution in [1.82, 2.24) is 4.57 Å². The van der Waals surface area contributed by atoms with Gasteiger partial charge in [0.05, 0.1) is 4.92 Å². The average Bonchev–Trinajstić information content (AvgIpc) is 2.82. The van der Waals surface area contributed by atoms with E-state index in [-0.39, 0.29) is 10.6 Å². The van der Waals surface area contributed by atoms with Gasteiger partial charge in [-0.1, -0.05) is 24.3 Å². The van der Waals surface area contributed by atoms with E-state index in [1.54, 1.807) is 24.3 Å². The van der Waals surface area contributed by atoms with Crippen molar-refractivity contribution < 1.29 is 4.92 Å². The third kappa shape index (κ3) is 2.28. The fourth-order valence-corrected chi connectivity index (χ4v) is 2.35. The first-order valence-corrected chi connectivity index (χ1v) is 6.42. The van der Waals surface area contributed by atoms with E-state index in [0.29, 0.717) is 6.54 Å². The van der Waals surface area contributed by atoms with Crippen molar-refractivity contribution in [3.8, 4) is 0 Å². The quantitative estimate of drug-likeness (QED) is 0.533. The van der Waals surface area contributed by atoms with Gasteiger partial charge in [-0.05, 0) is 35.6 Å². The lowest BCUT2D eigenvalue weighted by atomic mass is 10.2. The first kappa shape index (κ1) is 12.4. The molecule has 20 heavy (non-hydrogen) atoms. The number of rotatable bonds is 3. The zero-order valence-electron chi connectivity index (χ0n) is 11.1. The number of fused-ring (bicyclic) bond motifs is 1. The molecular weight excluding hydrogens is 252 g/mol. The van der Waals surface area contributed by atoms with Gasteiger partial charge in [-0.25, -0.2) is 0 Å². The Hall–Kier alpha value is -2.62. The number of benzene rings is 2. The maximum Gasteiger partial charge on any atom is 0.269 e. The molecule has 3 aromatic rings. The molecule has 0 N–H and O–H groups in total. The van der Waals surface area contributed by atoms with Crippen LogP contribution in [0.2, 0.25) is 0 Å². The van der Waals surface area contributed by atoms with E-state index in [1.165, 1.54) is 16.5 Å². The molecule has 4 nitrogen and oxygen atoms in total. The monoisotopic (exact) mass is 266 g/mol. The fraction of sp³-hybridized carbons (Fsp3) is 0.125. The van der Waals surface area contributed by atoms with Gasteiger partial charge in [0.1, 0.15) is 0 Å². The van der Waals surface area contributed by atoms with Gasteiger partial charge in [-0.15, -0.1) is 0 Å². The van der Waals surface area contributed by atoms with Crippen LogP contribution in [-0.2, 0) is 6.54 Å². The molecular formula is C16H14N2O2. The topological polar surface area (TPSA) is 48.1 Å². The van der Waals surface area contributed by atoms with Crippen LogP contribution in [0.15, 0.2) is 54.7 Å². The maximum absolute atomic E-state index is 10.6. The summed E-state index contributed by atoms with van der Waals surface area (Å²) in [7, 11) is 0. The summed E-state index contributed by atoms with van der Waals surface area (Å²) in [6.07, 6.45) is 2.05. The van der Waals surface area contributed by atoms with Gasteiger partial charge < -0.3 is 4.57 Å². The zero-order chi connectivity index (χ0) is 14.1. The van der Waals surface area contributed by atoms with Crippen molar-refractivity contribution in [2.24, 2.45) is 0 Å². The van der Waals surface area contributed by atoms with Crippen molar-refractivity contribution in [1.29, 1.82) is 0 Å². The number of aryl methyl sites for hydroxylation is 1. The molecule has 0 aliphatic carbocycles. The lowest BCUT2D eigenvalue weighted by molar-refractivity contribution is -0.384. The van der Waals surface area contributed by atoms with Crippen LogP contribution in [0.4, 0.5) is 5.69 Å². The Kier molecular flexibility index (Phi) is 2.99. The third-order valence-electron chi connectivity index (χ3n) is 3.43. The highest BCUT2D eigenvalue weighted by molar-refractivity contribution is 5.80. The van der Waals surface area contributed by atoms with Crippen molar-refractivity contribution in [2.75, 3.05) is 0 Å². The molecule has 0 radical (unpaired) electrons. The van der Waals surface area contributed by atoms with E-state index >= 15 is 0 Å². The second kappa shape index (κ2) is 4.81. The van der Waals surface area contributed by atoms with Crippen LogP contribution >= 0.6 is 0 Å². The van der Waals surface area contributed by atoms with Crippen molar-refractivity contribution in [2.45, 2.75) is 13.5 Å². The first-order chi connectivity index (χ1) is 9.63. The van der Waals surface area contributed by atoms with Gasteiger partial charge in [-0.3, -0.25) is 10.1 Å². The smallest absolute Gasteiger partial charge is 0.269 e. The molecule has 0 unspecified atom stereocenters. The summed E-state index contributed by atoms with van der Waals surface area (Å²) in [4.78, 5) is 10.3. The average molecular weight is 266 g/mol. The van der Waals surface area contributed by atoms with Crippen LogP contribution in [0.3, 0.4) is 0 Å². The molecule has 0 bridgehead atoms. The zero-order valence-corrected chi connectivity index (χ0v) is 11.1. The molecule has 0 saturated carbocycles. The molecule has 0 spiro atoms. The summed E-state index contributed by atoms with van der Waals surface area (Å²) >= 11 is 0. The summed E-state index contributed by atoms with van der Waals surface area (Å²) in [6, 6.07) is 15.1. The largest absolute Gasteiger partial charge is 0.343 e. The van der Waals surface area contributed by atoms with Gasteiger partial charge in [0.25, 0.3) is 5.69 Å². The SMILES string of the molecule is Cc1ccc2ccn(Cc3ccc([N+](=O)[O-])cc3)c2c1. The maximum atomic E-state index is 10.6. The Labute approximate surface area is 116 Å². The summed E-state index contributed by atoms with van der Waals surface area (Å²) in [6.45, 7) is 2.79. The van der Waals surface area contributed by atoms with Crippen LogP contribution in [-0.4, -0.2) is 9.49 Å². The molecule has 0 saturated heterocycles. The lowest BCUT2D eigenvalue weighted by Crippen LogP contribution is -1.98. The molecule has 100 valence electrons. The molecule has 1 aromatic heterocycles. The van der Waals surface area contributed by atoms with E-state index in [9.17, 15) is 10.1 Å². The summed E-state index contributed by atoms with van der Waals surface area (Å²) < 4.78 is 2.16. The van der Waals surface area contributed by atoms with Crippen LogP contribution in [0.25, 0.3) is 10.9 Å². The number of nitro benzene ring substituents is 1. The minimum Gasteiger partial charge on any atom is -0.343 e. The Balaban J connectivity index is 1.92. The molecule has 3 rings (SSSR count). The number of aromatic nitrogens is 1. The Morgan fingerprint density at radius 3 is 2.55 bits per heavy atom. The highest BCUT2D eigenvalue weighted by Crippen LogP contribution is 2.19. The second-order valence-electron chi connectivity index (χ2n) is 4.93. The highest BCUT2D eigenvalue weighted by Gasteiger charge is 2.06. The minimum atomic E-state index is -0.377. The minimum absolute atomic E-state index is 0.127. The van der Waals surface area contributed by atoms with Crippen LogP contribution in [0.5, 0.6) is 0 Å². The Morgan fingerprint density at radius 1 is 1.10 bits per heavy atom. The van der Waals surface area contributed by atoms with Gasteiger partial charge in [-0.2, -0.15) is 0 Å². The van der Waals surface area contributed by atoms with E-state index in [1.807, 2.05) is 6.20 Å². The fourth-order valence-electron chi connectivity index (χ4n) is 2.35. The normalized spacial score (nSPS) is 10.8. The third-order valence-corrected chi connectivity index (χ3v) is 3.43. The molecule has 0 atom stereocenters. The van der Waals surface area contributed by atoms with Gasteiger partial charge in [0.2, 0.25) is 0 Å². The molecule has 1 heterocycles. The predicted molar refractivity (Wildman–Crippen MR) is 78.9 cm³/mol. The first-order valence-electron chi connectivity index (χ1n) is 6.42. The van der Waals surface area contributed by atoms with E-state index in [4.69, 9.17) is 0 Å². The van der Waals surface area contributed by atoms with Gasteiger partial charge in [0, 0.05) is 30.4 Å². The number of non-ortho nitro benzene ring substituents is 1. The summed E-state index contributed by atoms with van der Waals surface area (Å²) in [5, 5.41) is 11.8. The molecule has 0 aliphatic heterocycles. The Bertz CT molecular complexity index is 773. The van der Waals surface area contributed by atoms with Gasteiger partial charge >= 0.3 is 0 Å². The van der Waals surface area contributed by atoms with Crippen molar-refractivity contribution in [3.63, 3.8) is 0 Å². The standard InChI is InChI=1S/C16H14N2O2/c1-12-2-5-14-8-9-17(16(14)10-12)11-13-3-6-15(7-4-13)18(19)20/h2-10H,11H2,1H3. The van der Waals surface area contributed by atoms with Gasteiger partial charge in [0.15, 0.2) is 0 Å². The molecule has 0 fully saturated rings. The van der Waals surface area contributed by atoms with Crippen LogP contribution in [0.1, 0.15) is 11.1 Å². The molecule has 2 aromatic carbocycles. The number of nitro groups is 1. The van der Waals surface area contributed by atoms with E-state index < -0.39 is 0 Å². The highest BCUT2D eigenvalue weighted by atomic mass is 16.6. The molecule has 4 heteroatoms. The summed E-state index contributed by atoms with van der Waals surface area (Å²) in [5.74, 6) is 0. The van der Waals surface area contributed by atoms with E-state index in [0.717, 1.165) is 5.56 Å². The van der Waals surface area contributed by atoms with Crippen molar-refractivity contribution in [3.05, 3.63) is 76.0 Å². The van der Waals surface area contributed by atoms with Crippen LogP contribution in [0, 0.1) is 17.0 Å². The summed E-state index contributed by atoms with van der Waals surface area (Å²) in [5.41, 5.74) is 3.58. The number of nitrogens with zero attached hydrogens (tertiary/aromatic N) is 2.